The smallest absolute Gasteiger partial charge is 0.273 e. The van der Waals surface area contributed by atoms with Crippen molar-refractivity contribution in [3.63, 3.8) is 0 Å². The zero-order chi connectivity index (χ0) is 20.4. The summed E-state index contributed by atoms with van der Waals surface area (Å²) in [6.45, 7) is 5.64. The van der Waals surface area contributed by atoms with E-state index in [1.807, 2.05) is 35.2 Å². The maximum absolute atomic E-state index is 13.2. The highest BCUT2D eigenvalue weighted by Crippen LogP contribution is 2.42. The van der Waals surface area contributed by atoms with Crippen LogP contribution < -0.4 is 0 Å². The number of carbonyl (C=O) groups is 1. The van der Waals surface area contributed by atoms with E-state index >= 15 is 0 Å². The maximum atomic E-state index is 13.2. The Balaban J connectivity index is 1.79. The van der Waals surface area contributed by atoms with Gasteiger partial charge in [-0.05, 0) is 23.5 Å². The van der Waals surface area contributed by atoms with Crippen LogP contribution >= 0.6 is 0 Å². The maximum Gasteiger partial charge on any atom is 0.273 e. The second-order valence-corrected chi connectivity index (χ2v) is 7.80. The second kappa shape index (κ2) is 8.21. The van der Waals surface area contributed by atoms with Gasteiger partial charge >= 0.3 is 0 Å². The third-order valence-corrected chi connectivity index (χ3v) is 5.58. The predicted octanol–water partition coefficient (Wildman–Crippen LogP) is 4.78. The molecule has 0 saturated carbocycles. The zero-order valence-electron chi connectivity index (χ0n) is 17.2. The van der Waals surface area contributed by atoms with Crippen molar-refractivity contribution in [3.8, 4) is 11.3 Å². The van der Waals surface area contributed by atoms with Crippen LogP contribution in [-0.2, 0) is 4.74 Å². The van der Waals surface area contributed by atoms with Gasteiger partial charge in [0.15, 0.2) is 0 Å². The van der Waals surface area contributed by atoms with Crippen LogP contribution in [0.15, 0.2) is 54.6 Å². The number of H-pyrrole nitrogens is 1. The minimum Gasteiger partial charge on any atom is -0.385 e. The Kier molecular flexibility index (Phi) is 5.49. The van der Waals surface area contributed by atoms with Crippen LogP contribution in [0.2, 0.25) is 0 Å². The predicted molar refractivity (Wildman–Crippen MR) is 114 cm³/mol. The molecule has 0 bridgehead atoms. The van der Waals surface area contributed by atoms with Crippen LogP contribution in [0, 0.1) is 0 Å². The summed E-state index contributed by atoms with van der Waals surface area (Å²) in [4.78, 5) is 15.2. The summed E-state index contributed by atoms with van der Waals surface area (Å²) in [5, 5.41) is 7.53. The van der Waals surface area contributed by atoms with Gasteiger partial charge in [0, 0.05) is 31.4 Å². The Labute approximate surface area is 171 Å². The highest BCUT2D eigenvalue weighted by atomic mass is 16.5. The van der Waals surface area contributed by atoms with Crippen molar-refractivity contribution < 1.29 is 9.53 Å². The van der Waals surface area contributed by atoms with Gasteiger partial charge in [0.25, 0.3) is 5.91 Å². The Hall–Kier alpha value is -2.92. The summed E-state index contributed by atoms with van der Waals surface area (Å²) in [5.74, 6) is 0.472. The number of fused-ring (bicyclic) bond motifs is 1. The van der Waals surface area contributed by atoms with E-state index in [1.54, 1.807) is 7.11 Å². The molecular formula is C24H27N3O2. The molecule has 1 atom stereocenters. The van der Waals surface area contributed by atoms with E-state index in [-0.39, 0.29) is 11.9 Å². The van der Waals surface area contributed by atoms with Gasteiger partial charge in [-0.15, -0.1) is 0 Å². The quantitative estimate of drug-likeness (QED) is 0.592. The first-order valence-corrected chi connectivity index (χ1v) is 10.1. The van der Waals surface area contributed by atoms with Crippen molar-refractivity contribution >= 4 is 5.91 Å². The molecule has 1 aliphatic rings. The van der Waals surface area contributed by atoms with Crippen molar-refractivity contribution in [2.75, 3.05) is 20.3 Å². The molecule has 0 unspecified atom stereocenters. The van der Waals surface area contributed by atoms with Crippen molar-refractivity contribution in [1.29, 1.82) is 0 Å². The number of hydrogen-bond donors (Lipinski definition) is 1. The SMILES string of the molecule is COCCCN1C(=O)c2[nH]nc(-c3ccccc3)c2[C@H]1c1ccc(C(C)C)cc1. The summed E-state index contributed by atoms with van der Waals surface area (Å²) in [6.07, 6.45) is 0.793. The van der Waals surface area contributed by atoms with E-state index in [0.29, 0.717) is 24.8 Å². The third kappa shape index (κ3) is 3.58. The van der Waals surface area contributed by atoms with E-state index < -0.39 is 0 Å². The molecule has 0 spiro atoms. The number of nitrogens with zero attached hydrogens (tertiary/aromatic N) is 2. The minimum absolute atomic E-state index is 0.00344. The topological polar surface area (TPSA) is 58.2 Å². The molecular weight excluding hydrogens is 362 g/mol. The summed E-state index contributed by atoms with van der Waals surface area (Å²) in [7, 11) is 1.69. The Morgan fingerprint density at radius 1 is 1.10 bits per heavy atom. The number of amides is 1. The van der Waals surface area contributed by atoms with E-state index in [1.165, 1.54) is 5.56 Å². The molecule has 4 rings (SSSR count). The van der Waals surface area contributed by atoms with Crippen LogP contribution in [-0.4, -0.2) is 41.3 Å². The lowest BCUT2D eigenvalue weighted by Crippen LogP contribution is -2.31. The van der Waals surface area contributed by atoms with E-state index in [9.17, 15) is 4.79 Å². The number of aromatic amines is 1. The molecule has 0 saturated heterocycles. The molecule has 2 aromatic carbocycles. The van der Waals surface area contributed by atoms with Crippen molar-refractivity contribution in [1.82, 2.24) is 15.1 Å². The van der Waals surface area contributed by atoms with E-state index in [2.05, 4.69) is 48.3 Å². The highest BCUT2D eigenvalue weighted by molar-refractivity contribution is 6.00. The first-order valence-electron chi connectivity index (χ1n) is 10.1. The fourth-order valence-corrected chi connectivity index (χ4v) is 4.03. The lowest BCUT2D eigenvalue weighted by atomic mass is 9.94. The average molecular weight is 389 g/mol. The highest BCUT2D eigenvalue weighted by Gasteiger charge is 2.41. The van der Waals surface area contributed by atoms with Crippen LogP contribution in [0.3, 0.4) is 0 Å². The van der Waals surface area contributed by atoms with E-state index in [4.69, 9.17) is 4.74 Å². The summed E-state index contributed by atoms with van der Waals surface area (Å²) in [6, 6.07) is 18.5. The van der Waals surface area contributed by atoms with Gasteiger partial charge < -0.3 is 9.64 Å². The lowest BCUT2D eigenvalue weighted by Gasteiger charge is -2.26. The number of rotatable bonds is 7. The molecule has 5 heteroatoms. The number of ether oxygens (including phenoxy) is 1. The molecule has 150 valence electrons. The van der Waals surface area contributed by atoms with Crippen LogP contribution in [0.1, 0.15) is 59.4 Å². The molecule has 0 fully saturated rings. The number of aromatic nitrogens is 2. The number of carbonyl (C=O) groups excluding carboxylic acids is 1. The molecule has 5 nitrogen and oxygen atoms in total. The molecule has 0 radical (unpaired) electrons. The Morgan fingerprint density at radius 3 is 2.48 bits per heavy atom. The van der Waals surface area contributed by atoms with Gasteiger partial charge in [0.1, 0.15) is 5.69 Å². The Morgan fingerprint density at radius 2 is 1.83 bits per heavy atom. The largest absolute Gasteiger partial charge is 0.385 e. The van der Waals surface area contributed by atoms with E-state index in [0.717, 1.165) is 28.8 Å². The number of benzene rings is 2. The summed E-state index contributed by atoms with van der Waals surface area (Å²) in [5.41, 5.74) is 5.83. The number of hydrogen-bond acceptors (Lipinski definition) is 3. The summed E-state index contributed by atoms with van der Waals surface area (Å²) < 4.78 is 5.21. The number of nitrogens with one attached hydrogen (secondary N) is 1. The Bertz CT molecular complexity index is 977. The fourth-order valence-electron chi connectivity index (χ4n) is 4.03. The van der Waals surface area contributed by atoms with Gasteiger partial charge in [0.2, 0.25) is 0 Å². The van der Waals surface area contributed by atoms with Crippen LogP contribution in [0.25, 0.3) is 11.3 Å². The molecule has 29 heavy (non-hydrogen) atoms. The number of methoxy groups -OCH3 is 1. The molecule has 3 aromatic rings. The van der Waals surface area contributed by atoms with Crippen molar-refractivity contribution in [2.45, 2.75) is 32.2 Å². The fraction of sp³-hybridized carbons (Fsp3) is 0.333. The van der Waals surface area contributed by atoms with Gasteiger partial charge in [-0.1, -0.05) is 68.4 Å². The first-order chi connectivity index (χ1) is 14.1. The normalized spacial score (nSPS) is 15.9. The molecule has 0 aliphatic carbocycles. The second-order valence-electron chi connectivity index (χ2n) is 7.80. The first kappa shape index (κ1) is 19.4. The van der Waals surface area contributed by atoms with Crippen LogP contribution in [0.4, 0.5) is 0 Å². The van der Waals surface area contributed by atoms with Crippen molar-refractivity contribution in [3.05, 3.63) is 77.0 Å². The molecule has 1 N–H and O–H groups in total. The monoisotopic (exact) mass is 389 g/mol. The van der Waals surface area contributed by atoms with Gasteiger partial charge in [0.05, 0.1) is 11.7 Å². The van der Waals surface area contributed by atoms with Crippen molar-refractivity contribution in [2.24, 2.45) is 0 Å². The zero-order valence-corrected chi connectivity index (χ0v) is 17.2. The molecule has 1 aliphatic heterocycles. The van der Waals surface area contributed by atoms with Crippen LogP contribution in [0.5, 0.6) is 0 Å². The van der Waals surface area contributed by atoms with Gasteiger partial charge in [-0.3, -0.25) is 9.89 Å². The molecule has 1 amide bonds. The average Bonchev–Trinajstić information content (AvgIpc) is 3.28. The standard InChI is InChI=1S/C24H27N3O2/c1-16(2)17-10-12-19(13-11-17)23-20-21(18-8-5-4-6-9-18)25-26-22(20)24(28)27(23)14-7-15-29-3/h4-6,8-13,16,23H,7,14-15H2,1-3H3,(H,25,26)/t23-/m1/s1. The minimum atomic E-state index is -0.149. The van der Waals surface area contributed by atoms with Gasteiger partial charge in [-0.25, -0.2) is 0 Å². The van der Waals surface area contributed by atoms with Gasteiger partial charge in [-0.2, -0.15) is 5.10 Å². The molecule has 2 heterocycles. The lowest BCUT2D eigenvalue weighted by molar-refractivity contribution is 0.0723. The summed E-state index contributed by atoms with van der Waals surface area (Å²) >= 11 is 0. The molecule has 1 aromatic heterocycles. The third-order valence-electron chi connectivity index (χ3n) is 5.58.